The van der Waals surface area contributed by atoms with Crippen molar-refractivity contribution < 1.29 is 13.6 Å². The molecule has 1 amide bonds. The summed E-state index contributed by atoms with van der Waals surface area (Å²) >= 11 is 0. The lowest BCUT2D eigenvalue weighted by Crippen LogP contribution is -2.32. The Morgan fingerprint density at radius 3 is 2.38 bits per heavy atom. The van der Waals surface area contributed by atoms with E-state index in [2.05, 4.69) is 15.3 Å². The van der Waals surface area contributed by atoms with Crippen molar-refractivity contribution in [3.63, 3.8) is 0 Å². The second-order valence-corrected chi connectivity index (χ2v) is 6.60. The second-order valence-electron chi connectivity index (χ2n) is 6.60. The minimum atomic E-state index is -2.53. The van der Waals surface area contributed by atoms with Gasteiger partial charge in [0.1, 0.15) is 5.69 Å². The first-order valence-electron chi connectivity index (χ1n) is 8.32. The first-order chi connectivity index (χ1) is 12.3. The number of carbonyl (C=O) groups is 1. The number of amides is 1. The second kappa shape index (κ2) is 7.23. The molecule has 1 aliphatic rings. The van der Waals surface area contributed by atoms with Crippen molar-refractivity contribution >= 4 is 11.9 Å². The van der Waals surface area contributed by atoms with Crippen LogP contribution < -0.4 is 15.8 Å². The highest BCUT2D eigenvalue weighted by molar-refractivity contribution is 5.92. The maximum Gasteiger partial charge on any atom is 0.270 e. The summed E-state index contributed by atoms with van der Waals surface area (Å²) in [7, 11) is 3.41. The van der Waals surface area contributed by atoms with Gasteiger partial charge in [0.2, 0.25) is 5.95 Å². The molecule has 1 aromatic carbocycles. The molecule has 0 radical (unpaired) electrons. The Kier molecular flexibility index (Phi) is 5.01. The third-order valence-corrected chi connectivity index (χ3v) is 4.31. The molecule has 1 heterocycles. The van der Waals surface area contributed by atoms with Crippen LogP contribution >= 0.6 is 0 Å². The van der Waals surface area contributed by atoms with Crippen molar-refractivity contribution in [2.45, 2.75) is 25.3 Å². The van der Waals surface area contributed by atoms with E-state index in [-0.39, 0.29) is 29.2 Å². The molecular formula is C18H20F2N4O2. The van der Waals surface area contributed by atoms with Gasteiger partial charge in [0.15, 0.2) is 0 Å². The Labute approximate surface area is 149 Å². The zero-order valence-electron chi connectivity index (χ0n) is 14.5. The van der Waals surface area contributed by atoms with Crippen molar-refractivity contribution in [1.82, 2.24) is 15.3 Å². The van der Waals surface area contributed by atoms with E-state index in [0.717, 1.165) is 24.5 Å². The lowest BCUT2D eigenvalue weighted by molar-refractivity contribution is 0.0926. The van der Waals surface area contributed by atoms with E-state index in [4.69, 9.17) is 0 Å². The van der Waals surface area contributed by atoms with Gasteiger partial charge in [-0.05, 0) is 24.3 Å². The van der Waals surface area contributed by atoms with Gasteiger partial charge in [-0.2, -0.15) is 0 Å². The summed E-state index contributed by atoms with van der Waals surface area (Å²) in [5.41, 5.74) is 0.315. The van der Waals surface area contributed by atoms with Crippen LogP contribution in [0.1, 0.15) is 46.9 Å². The summed E-state index contributed by atoms with van der Waals surface area (Å²) in [4.78, 5) is 32.6. The van der Waals surface area contributed by atoms with E-state index >= 15 is 0 Å². The third-order valence-electron chi connectivity index (χ3n) is 4.31. The minimum absolute atomic E-state index is 0.0206. The molecule has 1 saturated carbocycles. The molecule has 0 bridgehead atoms. The van der Waals surface area contributed by atoms with E-state index in [0.29, 0.717) is 0 Å². The van der Waals surface area contributed by atoms with Gasteiger partial charge < -0.3 is 10.2 Å². The predicted molar refractivity (Wildman–Crippen MR) is 93.5 cm³/mol. The maximum absolute atomic E-state index is 12.7. The molecule has 3 rings (SSSR count). The number of nitrogens with one attached hydrogen (secondary N) is 2. The fourth-order valence-electron chi connectivity index (χ4n) is 2.74. The standard InChI is InChI=1S/C18H20F2N4O2/c1-24(2)18-21-13(9-14(25)22-18)17(26)23-15(10-3-4-10)11-5-7-12(8-6-11)16(19)20/h5-10,15-16H,3-4H2,1-2H3,(H,23,26)(H,21,22,25)/t15-/m1/s1. The van der Waals surface area contributed by atoms with E-state index < -0.39 is 17.9 Å². The molecule has 8 heteroatoms. The normalized spacial score (nSPS) is 15.0. The molecule has 1 aromatic heterocycles. The Morgan fingerprint density at radius 1 is 1.23 bits per heavy atom. The lowest BCUT2D eigenvalue weighted by Gasteiger charge is -2.19. The zero-order chi connectivity index (χ0) is 18.8. The number of halogens is 2. The van der Waals surface area contributed by atoms with Crippen molar-refractivity contribution in [3.05, 3.63) is 57.5 Å². The van der Waals surface area contributed by atoms with Crippen molar-refractivity contribution in [2.75, 3.05) is 19.0 Å². The minimum Gasteiger partial charge on any atom is -0.348 e. The van der Waals surface area contributed by atoms with Crippen LogP contribution in [0.3, 0.4) is 0 Å². The van der Waals surface area contributed by atoms with Gasteiger partial charge in [-0.25, -0.2) is 13.8 Å². The van der Waals surface area contributed by atoms with Gasteiger partial charge >= 0.3 is 0 Å². The van der Waals surface area contributed by atoms with Crippen LogP contribution in [0.5, 0.6) is 0 Å². The number of aromatic amines is 1. The van der Waals surface area contributed by atoms with Crippen LogP contribution in [0.4, 0.5) is 14.7 Å². The Hall–Kier alpha value is -2.77. The first kappa shape index (κ1) is 18.0. The average molecular weight is 362 g/mol. The van der Waals surface area contributed by atoms with Gasteiger partial charge in [-0.1, -0.05) is 24.3 Å². The summed E-state index contributed by atoms with van der Waals surface area (Å²) in [6.07, 6.45) is -0.622. The smallest absolute Gasteiger partial charge is 0.270 e. The van der Waals surface area contributed by atoms with Gasteiger partial charge in [-0.3, -0.25) is 14.6 Å². The highest BCUT2D eigenvalue weighted by atomic mass is 19.3. The molecule has 1 aliphatic carbocycles. The molecule has 2 N–H and O–H groups in total. The molecule has 0 unspecified atom stereocenters. The largest absolute Gasteiger partial charge is 0.348 e. The van der Waals surface area contributed by atoms with Crippen LogP contribution in [-0.4, -0.2) is 30.0 Å². The number of hydrogen-bond donors (Lipinski definition) is 2. The first-order valence-corrected chi connectivity index (χ1v) is 8.32. The van der Waals surface area contributed by atoms with Gasteiger partial charge in [0.05, 0.1) is 6.04 Å². The number of rotatable bonds is 6. The van der Waals surface area contributed by atoms with Gasteiger partial charge in [0, 0.05) is 25.7 Å². The van der Waals surface area contributed by atoms with E-state index in [1.807, 2.05) is 0 Å². The Bertz CT molecular complexity index is 845. The summed E-state index contributed by atoms with van der Waals surface area (Å²) in [6, 6.07) is 6.82. The molecule has 26 heavy (non-hydrogen) atoms. The molecule has 1 fully saturated rings. The van der Waals surface area contributed by atoms with Crippen LogP contribution in [-0.2, 0) is 0 Å². The molecule has 0 aliphatic heterocycles. The molecule has 2 aromatic rings. The van der Waals surface area contributed by atoms with Crippen molar-refractivity contribution in [2.24, 2.45) is 5.92 Å². The monoisotopic (exact) mass is 362 g/mol. The summed E-state index contributed by atoms with van der Waals surface area (Å²) in [5.74, 6) is 0.0765. The summed E-state index contributed by atoms with van der Waals surface area (Å²) < 4.78 is 25.5. The van der Waals surface area contributed by atoms with E-state index in [1.54, 1.807) is 31.1 Å². The number of H-pyrrole nitrogens is 1. The van der Waals surface area contributed by atoms with Crippen molar-refractivity contribution in [3.8, 4) is 0 Å². The molecule has 0 spiro atoms. The van der Waals surface area contributed by atoms with Crippen LogP contribution in [0.15, 0.2) is 35.1 Å². The van der Waals surface area contributed by atoms with E-state index in [1.165, 1.54) is 12.1 Å². The summed E-state index contributed by atoms with van der Waals surface area (Å²) in [5, 5.41) is 2.89. The Balaban J connectivity index is 1.82. The number of alkyl halides is 2. The van der Waals surface area contributed by atoms with Crippen molar-refractivity contribution in [1.29, 1.82) is 0 Å². The number of nitrogens with zero attached hydrogens (tertiary/aromatic N) is 2. The van der Waals surface area contributed by atoms with Gasteiger partial charge in [-0.15, -0.1) is 0 Å². The maximum atomic E-state index is 12.7. The number of carbonyl (C=O) groups excluding carboxylic acids is 1. The van der Waals surface area contributed by atoms with Crippen LogP contribution in [0.2, 0.25) is 0 Å². The molecule has 138 valence electrons. The quantitative estimate of drug-likeness (QED) is 0.828. The van der Waals surface area contributed by atoms with E-state index in [9.17, 15) is 18.4 Å². The SMILES string of the molecule is CN(C)c1nc(C(=O)N[C@@H](c2ccc(C(F)F)cc2)C2CC2)cc(=O)[nH]1. The highest BCUT2D eigenvalue weighted by Gasteiger charge is 2.34. The molecule has 6 nitrogen and oxygen atoms in total. The third kappa shape index (κ3) is 4.07. The Morgan fingerprint density at radius 2 is 1.85 bits per heavy atom. The van der Waals surface area contributed by atoms with Crippen LogP contribution in [0.25, 0.3) is 0 Å². The lowest BCUT2D eigenvalue weighted by atomic mass is 10.0. The zero-order valence-corrected chi connectivity index (χ0v) is 14.5. The summed E-state index contributed by atoms with van der Waals surface area (Å²) in [6.45, 7) is 0. The predicted octanol–water partition coefficient (Wildman–Crippen LogP) is 2.65. The highest BCUT2D eigenvalue weighted by Crippen LogP contribution is 2.41. The number of hydrogen-bond acceptors (Lipinski definition) is 4. The number of benzene rings is 1. The molecular weight excluding hydrogens is 342 g/mol. The molecule has 0 saturated heterocycles. The average Bonchev–Trinajstić information content (AvgIpc) is 3.44. The molecule has 1 atom stereocenters. The fourth-order valence-corrected chi connectivity index (χ4v) is 2.74. The van der Waals surface area contributed by atoms with Crippen LogP contribution in [0, 0.1) is 5.92 Å². The number of aromatic nitrogens is 2. The van der Waals surface area contributed by atoms with Gasteiger partial charge in [0.25, 0.3) is 17.9 Å². The topological polar surface area (TPSA) is 78.1 Å². The fraction of sp³-hybridized carbons (Fsp3) is 0.389. The number of anilines is 1.